The predicted octanol–water partition coefficient (Wildman–Crippen LogP) is 18.0. The Hall–Kier alpha value is -2.36. The summed E-state index contributed by atoms with van der Waals surface area (Å²) in [4.78, 5) is 0. The van der Waals surface area contributed by atoms with Crippen LogP contribution in [0.4, 0.5) is 0 Å². The Balaban J connectivity index is 1.15. The largest absolute Gasteiger partial charge is 0.504 e. The number of fused-ring (bicyclic) bond motifs is 4. The lowest BCUT2D eigenvalue weighted by molar-refractivity contribution is 0.288. The van der Waals surface area contributed by atoms with Gasteiger partial charge in [0.2, 0.25) is 0 Å². The lowest BCUT2D eigenvalue weighted by Crippen LogP contribution is -2.26. The van der Waals surface area contributed by atoms with E-state index in [1.54, 1.807) is 0 Å². The maximum absolute atomic E-state index is 11.4. The average Bonchev–Trinajstić information content (AvgIpc) is 3.57. The van der Waals surface area contributed by atoms with E-state index in [0.717, 1.165) is 25.7 Å². The van der Waals surface area contributed by atoms with Gasteiger partial charge in [-0.3, -0.25) is 0 Å². The van der Waals surface area contributed by atoms with Crippen LogP contribution in [0.15, 0.2) is 24.3 Å². The topological polar surface area (TPSA) is 58.9 Å². The Labute approximate surface area is 377 Å². The van der Waals surface area contributed by atoms with Crippen molar-refractivity contribution in [1.29, 1.82) is 0 Å². The first-order valence-corrected chi connectivity index (χ1v) is 26.6. The Morgan fingerprint density at radius 3 is 0.869 bits per heavy atom. The van der Waals surface area contributed by atoms with Crippen molar-refractivity contribution in [3.05, 3.63) is 46.5 Å². The zero-order chi connectivity index (χ0) is 43.8. The predicted molar refractivity (Wildman–Crippen MR) is 262 cm³/mol. The minimum absolute atomic E-state index is 0.0922. The van der Waals surface area contributed by atoms with E-state index < -0.39 is 0 Å². The molecule has 0 atom stereocenters. The fourth-order valence-corrected chi connectivity index (χ4v) is 11.2. The first-order valence-electron chi connectivity index (χ1n) is 26.6. The summed E-state index contributed by atoms with van der Waals surface area (Å²) in [6.07, 6.45) is 45.2. The van der Waals surface area contributed by atoms with Gasteiger partial charge in [-0.05, 0) is 83.0 Å². The first kappa shape index (κ1) is 51.3. The Kier molecular flexibility index (Phi) is 23.3. The zero-order valence-electron chi connectivity index (χ0n) is 41.0. The fraction of sp³-hybridized carbons (Fsp3) is 0.789. The summed E-state index contributed by atoms with van der Waals surface area (Å²) in [6, 6.07) is 8.26. The third kappa shape index (κ3) is 16.6. The Morgan fingerprint density at radius 2 is 0.607 bits per heavy atom. The summed E-state index contributed by atoms with van der Waals surface area (Å²) in [5.74, 6) is 1.70. The van der Waals surface area contributed by atoms with E-state index in [-0.39, 0.29) is 27.7 Å². The van der Waals surface area contributed by atoms with Crippen molar-refractivity contribution < 1.29 is 19.7 Å². The molecule has 2 aromatic rings. The molecule has 2 aromatic carbocycles. The molecule has 2 aliphatic carbocycles. The molecular formula is C57H96O4. The second kappa shape index (κ2) is 27.7. The SMILES string of the molecule is CCCCCCCCCCCCCCCCCCOc1cc2c(cc1O)C1(CC2(C)C)CC(C)(C)c2cc(OCCCCCCCCCCCCCCCCCC)c(O)cc21. The number of aromatic hydroxyl groups is 2. The summed E-state index contributed by atoms with van der Waals surface area (Å²) in [5.41, 5.74) is 4.45. The molecular weight excluding hydrogens is 749 g/mol. The van der Waals surface area contributed by atoms with Gasteiger partial charge in [-0.2, -0.15) is 0 Å². The van der Waals surface area contributed by atoms with Crippen LogP contribution in [0.2, 0.25) is 0 Å². The maximum Gasteiger partial charge on any atom is 0.161 e. The molecule has 0 aromatic heterocycles. The highest BCUT2D eigenvalue weighted by Crippen LogP contribution is 2.64. The summed E-state index contributed by atoms with van der Waals surface area (Å²) < 4.78 is 12.5. The summed E-state index contributed by atoms with van der Waals surface area (Å²) >= 11 is 0. The van der Waals surface area contributed by atoms with Gasteiger partial charge in [-0.15, -0.1) is 0 Å². The number of ether oxygens (including phenoxy) is 2. The van der Waals surface area contributed by atoms with Crippen molar-refractivity contribution in [2.24, 2.45) is 0 Å². The van der Waals surface area contributed by atoms with Gasteiger partial charge in [0.1, 0.15) is 0 Å². The smallest absolute Gasteiger partial charge is 0.161 e. The van der Waals surface area contributed by atoms with E-state index in [0.29, 0.717) is 24.7 Å². The fourth-order valence-electron chi connectivity index (χ4n) is 11.2. The van der Waals surface area contributed by atoms with Gasteiger partial charge in [-0.25, -0.2) is 0 Å². The van der Waals surface area contributed by atoms with Crippen LogP contribution in [0, 0.1) is 0 Å². The molecule has 348 valence electrons. The van der Waals surface area contributed by atoms with Crippen LogP contribution >= 0.6 is 0 Å². The van der Waals surface area contributed by atoms with E-state index in [1.807, 2.05) is 12.1 Å². The minimum Gasteiger partial charge on any atom is -0.504 e. The molecule has 0 aliphatic heterocycles. The molecule has 2 N–H and O–H groups in total. The van der Waals surface area contributed by atoms with Gasteiger partial charge < -0.3 is 19.7 Å². The van der Waals surface area contributed by atoms with Crippen LogP contribution in [0.5, 0.6) is 23.0 Å². The molecule has 4 heteroatoms. The van der Waals surface area contributed by atoms with Gasteiger partial charge in [0, 0.05) is 5.41 Å². The van der Waals surface area contributed by atoms with Gasteiger partial charge in [-0.1, -0.05) is 234 Å². The molecule has 0 radical (unpaired) electrons. The van der Waals surface area contributed by atoms with E-state index in [1.165, 1.54) is 215 Å². The van der Waals surface area contributed by atoms with Crippen molar-refractivity contribution in [1.82, 2.24) is 0 Å². The molecule has 0 bridgehead atoms. The van der Waals surface area contributed by atoms with Gasteiger partial charge in [0.05, 0.1) is 13.2 Å². The highest BCUT2D eigenvalue weighted by Gasteiger charge is 2.57. The third-order valence-corrected chi connectivity index (χ3v) is 14.7. The van der Waals surface area contributed by atoms with Gasteiger partial charge >= 0.3 is 0 Å². The number of hydrogen-bond donors (Lipinski definition) is 2. The number of phenols is 2. The minimum atomic E-state index is -0.272. The second-order valence-corrected chi connectivity index (χ2v) is 21.2. The van der Waals surface area contributed by atoms with Crippen molar-refractivity contribution in [2.45, 2.75) is 276 Å². The van der Waals surface area contributed by atoms with Crippen LogP contribution in [0.25, 0.3) is 0 Å². The average molecular weight is 845 g/mol. The molecule has 1 spiro atoms. The monoisotopic (exact) mass is 845 g/mol. The highest BCUT2D eigenvalue weighted by atomic mass is 16.5. The molecule has 4 nitrogen and oxygen atoms in total. The van der Waals surface area contributed by atoms with Crippen LogP contribution in [0.1, 0.15) is 282 Å². The Morgan fingerprint density at radius 1 is 0.361 bits per heavy atom. The normalized spacial score (nSPS) is 15.7. The van der Waals surface area contributed by atoms with E-state index in [2.05, 4.69) is 53.7 Å². The van der Waals surface area contributed by atoms with Crippen LogP contribution in [-0.4, -0.2) is 23.4 Å². The maximum atomic E-state index is 11.4. The van der Waals surface area contributed by atoms with Gasteiger partial charge in [0.15, 0.2) is 23.0 Å². The highest BCUT2D eigenvalue weighted by molar-refractivity contribution is 5.65. The van der Waals surface area contributed by atoms with Crippen LogP contribution < -0.4 is 9.47 Å². The number of phenolic OH excluding ortho intramolecular Hbond substituents is 2. The Bertz CT molecular complexity index is 1380. The lowest BCUT2D eigenvalue weighted by Gasteiger charge is -2.30. The molecule has 0 unspecified atom stereocenters. The van der Waals surface area contributed by atoms with Crippen molar-refractivity contribution in [3.8, 4) is 23.0 Å². The van der Waals surface area contributed by atoms with E-state index in [9.17, 15) is 10.2 Å². The lowest BCUT2D eigenvalue weighted by atomic mass is 9.72. The number of rotatable bonds is 36. The van der Waals surface area contributed by atoms with Crippen molar-refractivity contribution in [2.75, 3.05) is 13.2 Å². The molecule has 0 heterocycles. The molecule has 61 heavy (non-hydrogen) atoms. The van der Waals surface area contributed by atoms with E-state index >= 15 is 0 Å². The summed E-state index contributed by atoms with van der Waals surface area (Å²) in [5, 5.41) is 22.8. The van der Waals surface area contributed by atoms with Gasteiger partial charge in [0.25, 0.3) is 0 Å². The number of unbranched alkanes of at least 4 members (excludes halogenated alkanes) is 30. The van der Waals surface area contributed by atoms with Crippen LogP contribution in [0.3, 0.4) is 0 Å². The summed E-state index contributed by atoms with van der Waals surface area (Å²) in [6.45, 7) is 15.2. The van der Waals surface area contributed by atoms with E-state index in [4.69, 9.17) is 9.47 Å². The quantitative estimate of drug-likeness (QED) is 0.0671. The van der Waals surface area contributed by atoms with Crippen LogP contribution in [-0.2, 0) is 16.2 Å². The molecule has 2 aliphatic rings. The number of benzene rings is 2. The zero-order valence-corrected chi connectivity index (χ0v) is 41.0. The molecule has 0 saturated carbocycles. The molecule has 0 saturated heterocycles. The standard InChI is InChI=1S/C57H96O4/c1-7-9-11-13-15-17-19-21-23-25-27-29-31-33-35-37-39-60-53-43-47-49(41-51(53)58)57(45-55(47,3)4)46-56(5,6)48-44-54(52(59)42-50(48)57)61-40-38-36-34-32-30-28-26-24-22-20-18-16-14-12-10-8-2/h41-44,58-59H,7-40,45-46H2,1-6H3. The number of hydrogen-bond acceptors (Lipinski definition) is 4. The molecule has 0 fully saturated rings. The first-order chi connectivity index (χ1) is 29.6. The van der Waals surface area contributed by atoms with Crippen molar-refractivity contribution in [3.63, 3.8) is 0 Å². The van der Waals surface area contributed by atoms with Crippen molar-refractivity contribution >= 4 is 0 Å². The summed E-state index contributed by atoms with van der Waals surface area (Å²) in [7, 11) is 0. The molecule has 0 amide bonds. The molecule has 4 rings (SSSR count). The third-order valence-electron chi connectivity index (χ3n) is 14.7. The second-order valence-electron chi connectivity index (χ2n) is 21.2.